The Hall–Kier alpha value is -1.53. The first-order valence-corrected chi connectivity index (χ1v) is 30.8. The lowest BCUT2D eigenvalue weighted by Crippen LogP contribution is -2.66. The molecule has 0 aromatic heterocycles. The quantitative estimate of drug-likeness (QED) is 0.0657. The molecule has 3 saturated carbocycles. The first-order valence-electron chi connectivity index (χ1n) is 29.5. The summed E-state index contributed by atoms with van der Waals surface area (Å²) < 4.78 is 101. The highest BCUT2D eigenvalue weighted by atomic mass is 32.3. The number of aliphatic hydroxyl groups is 12. The van der Waals surface area contributed by atoms with E-state index in [1.165, 1.54) is 38.8 Å². The van der Waals surface area contributed by atoms with Crippen LogP contribution < -0.4 is 0 Å². The van der Waals surface area contributed by atoms with E-state index in [1.807, 2.05) is 20.8 Å². The highest BCUT2D eigenvalue weighted by Gasteiger charge is 2.63. The summed E-state index contributed by atoms with van der Waals surface area (Å²) in [6.45, 7) is 15.5. The maximum absolute atomic E-state index is 12.4. The summed E-state index contributed by atoms with van der Waals surface area (Å²) in [5, 5.41) is 135. The molecule has 9 rings (SSSR count). The van der Waals surface area contributed by atoms with Crippen LogP contribution in [0.1, 0.15) is 120 Å². The van der Waals surface area contributed by atoms with Gasteiger partial charge < -0.3 is 109 Å². The third kappa shape index (κ3) is 13.1. The molecule has 0 radical (unpaired) electrons. The maximum atomic E-state index is 12.4. The summed E-state index contributed by atoms with van der Waals surface area (Å²) in [7, 11) is -4.85. The molecule has 0 aromatic carbocycles. The molecule has 33 atom stereocenters. The van der Waals surface area contributed by atoms with Gasteiger partial charge in [-0.2, -0.15) is 8.42 Å². The van der Waals surface area contributed by atoms with Gasteiger partial charge in [-0.25, -0.2) is 4.18 Å². The number of hydrogen-bond donors (Lipinski definition) is 13. The zero-order valence-electron chi connectivity index (χ0n) is 48.6. The predicted molar refractivity (Wildman–Crippen MR) is 284 cm³/mol. The van der Waals surface area contributed by atoms with Crippen LogP contribution in [-0.2, 0) is 62.0 Å². The molecule has 83 heavy (non-hydrogen) atoms. The molecular weight excluding hydrogens is 1120 g/mol. The van der Waals surface area contributed by atoms with Gasteiger partial charge in [-0.15, -0.1) is 0 Å². The summed E-state index contributed by atoms with van der Waals surface area (Å²) in [5.74, 6) is -0.423. The van der Waals surface area contributed by atoms with Crippen molar-refractivity contribution >= 4 is 10.4 Å². The van der Waals surface area contributed by atoms with E-state index in [1.54, 1.807) is 0 Å². The molecule has 8 fully saturated rings. The lowest BCUT2D eigenvalue weighted by Gasteiger charge is -2.60. The Bertz CT molecular complexity index is 2380. The van der Waals surface area contributed by atoms with Crippen LogP contribution in [0.5, 0.6) is 0 Å². The molecule has 3 unspecified atom stereocenters. The monoisotopic (exact) mass is 1210 g/mol. The van der Waals surface area contributed by atoms with E-state index in [-0.39, 0.29) is 29.6 Å². The molecule has 27 heteroatoms. The molecule has 0 aromatic rings. The van der Waals surface area contributed by atoms with Gasteiger partial charge in [0.25, 0.3) is 0 Å². The summed E-state index contributed by atoms with van der Waals surface area (Å²) >= 11 is 0. The lowest BCUT2D eigenvalue weighted by atomic mass is 9.47. The van der Waals surface area contributed by atoms with Crippen molar-refractivity contribution in [3.63, 3.8) is 0 Å². The van der Waals surface area contributed by atoms with Crippen molar-refractivity contribution in [3.8, 4) is 0 Å². The van der Waals surface area contributed by atoms with Crippen LogP contribution in [0.15, 0.2) is 23.3 Å². The van der Waals surface area contributed by atoms with E-state index in [0.717, 1.165) is 25.7 Å². The Kier molecular flexibility index (Phi) is 20.2. The minimum atomic E-state index is -4.85. The van der Waals surface area contributed by atoms with Crippen molar-refractivity contribution in [2.45, 2.75) is 285 Å². The third-order valence-electron chi connectivity index (χ3n) is 20.3. The Morgan fingerprint density at radius 2 is 1.13 bits per heavy atom. The van der Waals surface area contributed by atoms with Crippen LogP contribution in [0.3, 0.4) is 0 Å². The van der Waals surface area contributed by atoms with Crippen LogP contribution in [0, 0.1) is 34.5 Å². The minimum Gasteiger partial charge on any atom is -0.390 e. The summed E-state index contributed by atoms with van der Waals surface area (Å²) in [6.07, 6.45) is -31.1. The van der Waals surface area contributed by atoms with Gasteiger partial charge in [-0.05, 0) is 141 Å². The predicted octanol–water partition coefficient (Wildman–Crippen LogP) is -0.908. The molecule has 0 amide bonds. The molecule has 478 valence electrons. The van der Waals surface area contributed by atoms with Crippen LogP contribution in [0.2, 0.25) is 0 Å². The van der Waals surface area contributed by atoms with Crippen molar-refractivity contribution in [2.75, 3.05) is 6.61 Å². The molecule has 5 aliphatic heterocycles. The van der Waals surface area contributed by atoms with Crippen molar-refractivity contribution in [1.82, 2.24) is 0 Å². The van der Waals surface area contributed by atoms with Crippen molar-refractivity contribution in [3.05, 3.63) is 23.3 Å². The van der Waals surface area contributed by atoms with Crippen molar-refractivity contribution in [2.24, 2.45) is 34.5 Å². The Morgan fingerprint density at radius 1 is 0.614 bits per heavy atom. The zero-order chi connectivity index (χ0) is 60.7. The second kappa shape index (κ2) is 25.4. The number of rotatable bonds is 16. The fourth-order valence-electron chi connectivity index (χ4n) is 15.5. The van der Waals surface area contributed by atoms with Crippen LogP contribution in [0.25, 0.3) is 0 Å². The number of hydrogen-bond acceptors (Lipinski definition) is 25. The molecule has 5 saturated heterocycles. The smallest absolute Gasteiger partial charge is 0.390 e. The minimum absolute atomic E-state index is 0.0241. The molecular formula is C56H92O26S. The van der Waals surface area contributed by atoms with Gasteiger partial charge in [0.05, 0.1) is 48.8 Å². The average Bonchev–Trinajstić information content (AvgIpc) is 2.27. The lowest BCUT2D eigenvalue weighted by molar-refractivity contribution is -0.397. The van der Waals surface area contributed by atoms with Crippen LogP contribution in [0.4, 0.5) is 0 Å². The van der Waals surface area contributed by atoms with Gasteiger partial charge in [0.2, 0.25) is 0 Å². The SMILES string of the molecule is CC(C)=CCC[C@](C)(O)[C@H]1CCC2C3C[C@H](O[C@@H]4O[C@H](C)[C@@H](O)[C@H](O[C@@H]5OC[C@@H](O[C@@H]6O[C@H](C)[C@H](O)[C@H](O)[C@H]6O[C@@H]6O[C@H](C)[C@H](O)[C@H](O)[C@H]6O)[C@H](O)[C@H]5O[C@@H]5O[C@H](C)[C@@H](O)[C@H](O)[C@H]5O)[C@H]4O)C4C[C@@H](OS(=O)(=O)O)CC[C@]4(C)C3=CC[C@@]21C. The second-order valence-corrected chi connectivity index (χ2v) is 27.2. The highest BCUT2D eigenvalue weighted by molar-refractivity contribution is 7.80. The van der Waals surface area contributed by atoms with Gasteiger partial charge in [0.15, 0.2) is 31.5 Å². The molecule has 9 aliphatic rings. The van der Waals surface area contributed by atoms with E-state index >= 15 is 0 Å². The number of aliphatic hydroxyl groups excluding tert-OH is 11. The Balaban J connectivity index is 0.978. The summed E-state index contributed by atoms with van der Waals surface area (Å²) in [6, 6.07) is 0. The van der Waals surface area contributed by atoms with Crippen molar-refractivity contribution < 1.29 is 126 Å². The summed E-state index contributed by atoms with van der Waals surface area (Å²) in [4.78, 5) is 0. The maximum Gasteiger partial charge on any atom is 0.397 e. The van der Waals surface area contributed by atoms with Gasteiger partial charge in [0, 0.05) is 0 Å². The third-order valence-corrected chi connectivity index (χ3v) is 20.8. The number of allylic oxidation sites excluding steroid dienone is 4. The highest BCUT2D eigenvalue weighted by Crippen LogP contribution is 2.67. The Morgan fingerprint density at radius 3 is 1.71 bits per heavy atom. The van der Waals surface area contributed by atoms with Gasteiger partial charge in [-0.1, -0.05) is 37.1 Å². The first kappa shape index (κ1) is 65.9. The molecule has 5 heterocycles. The second-order valence-electron chi connectivity index (χ2n) is 26.2. The number of fused-ring (bicyclic) bond motifs is 5. The van der Waals surface area contributed by atoms with E-state index < -0.39 is 194 Å². The van der Waals surface area contributed by atoms with Gasteiger partial charge in [0.1, 0.15) is 91.6 Å². The Labute approximate surface area is 484 Å². The van der Waals surface area contributed by atoms with E-state index in [9.17, 15) is 74.2 Å². The normalized spacial score (nSPS) is 52.1. The van der Waals surface area contributed by atoms with Gasteiger partial charge >= 0.3 is 10.4 Å². The largest absolute Gasteiger partial charge is 0.397 e. The first-order chi connectivity index (χ1) is 38.8. The number of ether oxygens (including phenoxy) is 10. The molecule has 13 N–H and O–H groups in total. The van der Waals surface area contributed by atoms with Gasteiger partial charge in [-0.3, -0.25) is 4.55 Å². The molecule has 0 bridgehead atoms. The van der Waals surface area contributed by atoms with Crippen LogP contribution >= 0.6 is 0 Å². The topological polar surface area (TPSA) is 399 Å². The zero-order valence-corrected chi connectivity index (χ0v) is 49.4. The van der Waals surface area contributed by atoms with E-state index in [0.29, 0.717) is 25.7 Å². The average molecular weight is 1210 g/mol. The van der Waals surface area contributed by atoms with Crippen LogP contribution in [-0.4, -0.2) is 246 Å². The molecule has 4 aliphatic carbocycles. The fraction of sp³-hybridized carbons (Fsp3) is 0.929. The fourth-order valence-corrected chi connectivity index (χ4v) is 16.0. The van der Waals surface area contributed by atoms with Crippen molar-refractivity contribution in [1.29, 1.82) is 0 Å². The summed E-state index contributed by atoms with van der Waals surface area (Å²) in [5.41, 5.74) is 0.549. The van der Waals surface area contributed by atoms with E-state index in [2.05, 4.69) is 26.0 Å². The molecule has 0 spiro atoms. The van der Waals surface area contributed by atoms with E-state index in [4.69, 9.17) is 51.6 Å². The molecule has 26 nitrogen and oxygen atoms in total. The standard InChI is InChI=1S/C56H92O26S/c1-22(2)11-10-16-56(9,68)34-13-12-29-28-20-32(31-19-27(82-83(69,70)71)14-17-54(31,7)30(28)15-18-55(29,34)8)77-51-45(67)46(38(60)26(6)75-51)79-52-47(80-49-43(65)40(62)35(57)23(3)73-49)39(61)33(21-72-52)78-53-48(42(64)37(59)25(5)76-53)81-50-44(66)41(63)36(58)24(4)74-50/h11,15,23-29,31-53,57-68H,10,12-14,16-21H2,1-9H3,(H,69,70,71)/t23-,24-,25-,26-,27+,28?,29?,31?,32+,33-,34+,35-,36+,37+,38-,39+,40+,41+,42+,43-,44-,45-,46+,47-,48-,49+,50+,51+,52+,53+,54-,55+,56+/m1/s1.